The zero-order chi connectivity index (χ0) is 20.2. The Bertz CT molecular complexity index is 1010. The van der Waals surface area contributed by atoms with Gasteiger partial charge in [0.05, 0.1) is 9.92 Å². The molecule has 144 valence electrons. The van der Waals surface area contributed by atoms with Crippen LogP contribution in [0.25, 0.3) is 0 Å². The van der Waals surface area contributed by atoms with Gasteiger partial charge in [0, 0.05) is 6.26 Å². The quantitative estimate of drug-likeness (QED) is 0.533. The van der Waals surface area contributed by atoms with Gasteiger partial charge in [-0.05, 0) is 12.1 Å². The third-order valence-corrected chi connectivity index (χ3v) is 7.09. The maximum absolute atomic E-state index is 13.8. The SMILES string of the molecule is CS(=O)(=O)c1cc(F)c(S(=O)(=O)C(F)(F)C(F)(F)S(=O)(=O)O)c(Cl)c1. The van der Waals surface area contributed by atoms with Gasteiger partial charge in [0.2, 0.25) is 0 Å². The van der Waals surface area contributed by atoms with Crippen LogP contribution in [-0.4, -0.2) is 46.6 Å². The van der Waals surface area contributed by atoms with E-state index in [1.807, 2.05) is 0 Å². The largest absolute Gasteiger partial charge is 0.447 e. The summed E-state index contributed by atoms with van der Waals surface area (Å²) < 4.78 is 142. The van der Waals surface area contributed by atoms with Crippen LogP contribution in [0.15, 0.2) is 21.9 Å². The molecular formula is C9H6ClF5O7S3. The molecule has 0 bridgehead atoms. The van der Waals surface area contributed by atoms with Crippen LogP contribution >= 0.6 is 11.6 Å². The minimum atomic E-state index is -6.93. The standard InChI is InChI=1S/C9H6ClF5O7S3/c1-23(16,17)4-2-5(10)7(6(11)3-4)24(18,19)8(12,13)9(14,15)25(20,21)22/h2-3H,1H3,(H,20,21,22). The summed E-state index contributed by atoms with van der Waals surface area (Å²) in [7, 11) is -17.9. The first kappa shape index (κ1) is 22.0. The highest BCUT2D eigenvalue weighted by molar-refractivity contribution is 7.95. The van der Waals surface area contributed by atoms with Gasteiger partial charge in [-0.3, -0.25) is 4.55 Å². The molecule has 1 aromatic carbocycles. The molecule has 0 unspecified atom stereocenters. The fraction of sp³-hybridized carbons (Fsp3) is 0.333. The lowest BCUT2D eigenvalue weighted by atomic mass is 10.3. The van der Waals surface area contributed by atoms with Gasteiger partial charge in [-0.25, -0.2) is 21.2 Å². The summed E-state index contributed by atoms with van der Waals surface area (Å²) in [6.45, 7) is 0. The summed E-state index contributed by atoms with van der Waals surface area (Å²) in [4.78, 5) is -3.23. The van der Waals surface area contributed by atoms with E-state index in [4.69, 9.17) is 16.2 Å². The Morgan fingerprint density at radius 2 is 1.40 bits per heavy atom. The van der Waals surface area contributed by atoms with Crippen molar-refractivity contribution in [2.75, 3.05) is 6.26 Å². The summed E-state index contributed by atoms with van der Waals surface area (Å²) in [5.41, 5.74) is 0. The van der Waals surface area contributed by atoms with Crippen LogP contribution in [0.1, 0.15) is 0 Å². The molecule has 0 aliphatic carbocycles. The van der Waals surface area contributed by atoms with Gasteiger partial charge in [-0.1, -0.05) is 11.6 Å². The number of rotatable bonds is 5. The number of hydrogen-bond donors (Lipinski definition) is 1. The van der Waals surface area contributed by atoms with Gasteiger partial charge in [-0.15, -0.1) is 0 Å². The Morgan fingerprint density at radius 1 is 0.960 bits per heavy atom. The highest BCUT2D eigenvalue weighted by Gasteiger charge is 2.74. The average Bonchev–Trinajstić information content (AvgIpc) is 2.34. The Balaban J connectivity index is 3.83. The molecule has 0 aliphatic rings. The molecule has 0 atom stereocenters. The first-order valence-corrected chi connectivity index (χ1v) is 10.6. The zero-order valence-electron chi connectivity index (χ0n) is 11.5. The maximum atomic E-state index is 13.8. The molecule has 0 amide bonds. The first-order chi connectivity index (χ1) is 10.8. The average molecular weight is 453 g/mol. The summed E-state index contributed by atoms with van der Waals surface area (Å²) in [6, 6.07) is 0.101. The second-order valence-electron chi connectivity index (χ2n) is 4.50. The predicted molar refractivity (Wildman–Crippen MR) is 73.1 cm³/mol. The van der Waals surface area contributed by atoms with Crippen molar-refractivity contribution < 1.29 is 51.8 Å². The van der Waals surface area contributed by atoms with Gasteiger partial charge >= 0.3 is 20.6 Å². The molecule has 0 heterocycles. The highest BCUT2D eigenvalue weighted by atomic mass is 35.5. The van der Waals surface area contributed by atoms with Crippen molar-refractivity contribution in [1.29, 1.82) is 0 Å². The molecule has 0 saturated carbocycles. The van der Waals surface area contributed by atoms with E-state index in [1.54, 1.807) is 0 Å². The molecule has 0 radical (unpaired) electrons. The third kappa shape index (κ3) is 3.47. The van der Waals surface area contributed by atoms with E-state index in [-0.39, 0.29) is 12.1 Å². The molecule has 1 rings (SSSR count). The van der Waals surface area contributed by atoms with Crippen molar-refractivity contribution in [3.05, 3.63) is 23.0 Å². The van der Waals surface area contributed by atoms with E-state index in [1.165, 1.54) is 0 Å². The molecule has 7 nitrogen and oxygen atoms in total. The Labute approximate surface area is 143 Å². The van der Waals surface area contributed by atoms with Crippen LogP contribution < -0.4 is 0 Å². The molecule has 0 aliphatic heterocycles. The van der Waals surface area contributed by atoms with E-state index in [0.29, 0.717) is 6.26 Å². The number of alkyl halides is 4. The van der Waals surface area contributed by atoms with Gasteiger partial charge in [0.15, 0.2) is 9.84 Å². The van der Waals surface area contributed by atoms with Crippen molar-refractivity contribution in [2.45, 2.75) is 20.3 Å². The molecular weight excluding hydrogens is 447 g/mol. The van der Waals surface area contributed by atoms with E-state index in [2.05, 4.69) is 0 Å². The summed E-state index contributed by atoms with van der Waals surface area (Å²) >= 11 is 5.22. The van der Waals surface area contributed by atoms with Gasteiger partial charge in [0.25, 0.3) is 9.84 Å². The lowest BCUT2D eigenvalue weighted by Crippen LogP contribution is -2.52. The van der Waals surface area contributed by atoms with Crippen LogP contribution in [0.3, 0.4) is 0 Å². The normalized spacial score (nSPS) is 14.6. The first-order valence-electron chi connectivity index (χ1n) is 5.45. The van der Waals surface area contributed by atoms with E-state index in [9.17, 15) is 47.2 Å². The van der Waals surface area contributed by atoms with Crippen molar-refractivity contribution >= 4 is 41.4 Å². The smallest absolute Gasteiger partial charge is 0.281 e. The van der Waals surface area contributed by atoms with Crippen LogP contribution in [0.5, 0.6) is 0 Å². The summed E-state index contributed by atoms with van der Waals surface area (Å²) in [5.74, 6) is -2.25. The molecule has 1 N–H and O–H groups in total. The molecule has 0 fully saturated rings. The van der Waals surface area contributed by atoms with Crippen molar-refractivity contribution in [1.82, 2.24) is 0 Å². The minimum Gasteiger partial charge on any atom is -0.281 e. The monoisotopic (exact) mass is 452 g/mol. The fourth-order valence-electron chi connectivity index (χ4n) is 1.44. The molecule has 25 heavy (non-hydrogen) atoms. The van der Waals surface area contributed by atoms with Crippen molar-refractivity contribution in [3.8, 4) is 0 Å². The third-order valence-electron chi connectivity index (χ3n) is 2.67. The summed E-state index contributed by atoms with van der Waals surface area (Å²) in [6.07, 6.45) is 0.521. The molecule has 16 heteroatoms. The van der Waals surface area contributed by atoms with Crippen molar-refractivity contribution in [3.63, 3.8) is 0 Å². The fourth-order valence-corrected chi connectivity index (χ4v) is 4.81. The topological polar surface area (TPSA) is 123 Å². The van der Waals surface area contributed by atoms with Gasteiger partial charge < -0.3 is 0 Å². The van der Waals surface area contributed by atoms with E-state index >= 15 is 0 Å². The molecule has 0 spiro atoms. The van der Waals surface area contributed by atoms with Gasteiger partial charge in [0.1, 0.15) is 10.7 Å². The lowest BCUT2D eigenvalue weighted by Gasteiger charge is -2.24. The zero-order valence-corrected chi connectivity index (χ0v) is 14.7. The van der Waals surface area contributed by atoms with E-state index in [0.717, 1.165) is 0 Å². The second kappa shape index (κ2) is 6.00. The van der Waals surface area contributed by atoms with Crippen LogP contribution in [0, 0.1) is 5.82 Å². The highest BCUT2D eigenvalue weighted by Crippen LogP contribution is 2.47. The van der Waals surface area contributed by atoms with Crippen LogP contribution in [0.4, 0.5) is 22.0 Å². The Hall–Kier alpha value is -1.03. The van der Waals surface area contributed by atoms with E-state index < -0.39 is 60.9 Å². The number of halogens is 6. The molecule has 0 saturated heterocycles. The number of hydrogen-bond acceptors (Lipinski definition) is 6. The minimum absolute atomic E-state index is 0.0875. The van der Waals surface area contributed by atoms with Crippen molar-refractivity contribution in [2.24, 2.45) is 0 Å². The Morgan fingerprint density at radius 3 is 1.72 bits per heavy atom. The second-order valence-corrected chi connectivity index (χ2v) is 10.3. The predicted octanol–water partition coefficient (Wildman–Crippen LogP) is 1.73. The lowest BCUT2D eigenvalue weighted by molar-refractivity contribution is -0.101. The maximum Gasteiger partial charge on any atom is 0.447 e. The van der Waals surface area contributed by atoms with Crippen LogP contribution in [-0.2, 0) is 29.8 Å². The van der Waals surface area contributed by atoms with Crippen LogP contribution in [0.2, 0.25) is 5.02 Å². The Kier molecular flexibility index (Phi) is 5.29. The molecule has 0 aromatic heterocycles. The number of benzene rings is 1. The molecule has 1 aromatic rings. The number of sulfone groups is 2. The van der Waals surface area contributed by atoms with Gasteiger partial charge in [-0.2, -0.15) is 26.0 Å². The summed E-state index contributed by atoms with van der Waals surface area (Å²) in [5, 5.41) is -14.6.